The summed E-state index contributed by atoms with van der Waals surface area (Å²) in [6.45, 7) is 3.63. The third-order valence-corrected chi connectivity index (χ3v) is 4.75. The van der Waals surface area contributed by atoms with Crippen LogP contribution in [0.5, 0.6) is 0 Å². The molecule has 0 saturated carbocycles. The molecule has 2 N–H and O–H groups in total. The van der Waals surface area contributed by atoms with E-state index in [1.54, 1.807) is 12.1 Å². The monoisotopic (exact) mass is 386 g/mol. The molecule has 1 saturated heterocycles. The number of nitrogens with one attached hydrogen (secondary N) is 2. The van der Waals surface area contributed by atoms with E-state index in [-0.39, 0.29) is 24.3 Å². The highest BCUT2D eigenvalue weighted by Crippen LogP contribution is 2.19. The molecule has 1 fully saturated rings. The van der Waals surface area contributed by atoms with E-state index in [1.165, 1.54) is 6.20 Å². The molecule has 0 aliphatic carbocycles. The average Bonchev–Trinajstić information content (AvgIpc) is 2.63. The normalized spacial score (nSPS) is 17.3. The maximum atomic E-state index is 12.5. The number of benzene rings is 1. The van der Waals surface area contributed by atoms with Crippen LogP contribution in [0.3, 0.4) is 0 Å². The SMILES string of the molecule is Cc1cccc(NC(=O)CN2CCCC(C(=O)Nc3ccc(Cl)cn3)C2)c1. The predicted molar refractivity (Wildman–Crippen MR) is 107 cm³/mol. The summed E-state index contributed by atoms with van der Waals surface area (Å²) in [5, 5.41) is 6.26. The number of pyridine rings is 1. The molecule has 1 aromatic heterocycles. The Morgan fingerprint density at radius 2 is 2.11 bits per heavy atom. The van der Waals surface area contributed by atoms with Crippen molar-refractivity contribution in [3.05, 3.63) is 53.2 Å². The predicted octanol–water partition coefficient (Wildman–Crippen LogP) is 3.33. The number of carbonyl (C=O) groups excluding carboxylic acids is 2. The first-order valence-corrected chi connectivity index (χ1v) is 9.39. The average molecular weight is 387 g/mol. The number of rotatable bonds is 5. The Morgan fingerprint density at radius 3 is 2.85 bits per heavy atom. The molecule has 142 valence electrons. The molecule has 0 bridgehead atoms. The minimum absolute atomic E-state index is 0.0685. The molecule has 0 spiro atoms. The summed E-state index contributed by atoms with van der Waals surface area (Å²) in [6, 6.07) is 11.1. The van der Waals surface area contributed by atoms with E-state index in [9.17, 15) is 9.59 Å². The highest BCUT2D eigenvalue weighted by atomic mass is 35.5. The van der Waals surface area contributed by atoms with Crippen LogP contribution in [-0.4, -0.2) is 41.3 Å². The number of halogens is 1. The Labute approximate surface area is 163 Å². The zero-order valence-electron chi connectivity index (χ0n) is 15.2. The highest BCUT2D eigenvalue weighted by molar-refractivity contribution is 6.30. The number of hydrogen-bond acceptors (Lipinski definition) is 4. The smallest absolute Gasteiger partial charge is 0.238 e. The van der Waals surface area contributed by atoms with Crippen molar-refractivity contribution < 1.29 is 9.59 Å². The van der Waals surface area contributed by atoms with Gasteiger partial charge >= 0.3 is 0 Å². The van der Waals surface area contributed by atoms with Crippen molar-refractivity contribution in [2.45, 2.75) is 19.8 Å². The lowest BCUT2D eigenvalue weighted by Crippen LogP contribution is -2.44. The Bertz CT molecular complexity index is 810. The molecule has 1 unspecified atom stereocenters. The first-order valence-electron chi connectivity index (χ1n) is 9.01. The fraction of sp³-hybridized carbons (Fsp3) is 0.350. The van der Waals surface area contributed by atoms with Crippen LogP contribution in [-0.2, 0) is 9.59 Å². The number of aromatic nitrogens is 1. The van der Waals surface area contributed by atoms with Gasteiger partial charge in [0.2, 0.25) is 11.8 Å². The number of nitrogens with zero attached hydrogens (tertiary/aromatic N) is 2. The summed E-state index contributed by atoms with van der Waals surface area (Å²) in [5.41, 5.74) is 1.89. The van der Waals surface area contributed by atoms with Gasteiger partial charge in [0.05, 0.1) is 17.5 Å². The van der Waals surface area contributed by atoms with Crippen molar-refractivity contribution in [1.29, 1.82) is 0 Å². The lowest BCUT2D eigenvalue weighted by Gasteiger charge is -2.31. The molecule has 1 aliphatic rings. The number of aryl methyl sites for hydroxylation is 1. The first-order chi connectivity index (χ1) is 13.0. The van der Waals surface area contributed by atoms with E-state index in [2.05, 4.69) is 15.6 Å². The molecular formula is C20H23ClN4O2. The molecule has 2 aromatic rings. The number of likely N-dealkylation sites (tertiary alicyclic amines) is 1. The van der Waals surface area contributed by atoms with E-state index in [4.69, 9.17) is 11.6 Å². The topological polar surface area (TPSA) is 74.3 Å². The highest BCUT2D eigenvalue weighted by Gasteiger charge is 2.27. The van der Waals surface area contributed by atoms with Crippen molar-refractivity contribution >= 4 is 34.9 Å². The second kappa shape index (κ2) is 8.97. The summed E-state index contributed by atoms with van der Waals surface area (Å²) in [6.07, 6.45) is 3.18. The Balaban J connectivity index is 1.51. The minimum atomic E-state index is -0.164. The van der Waals surface area contributed by atoms with Gasteiger partial charge in [-0.15, -0.1) is 0 Å². The summed E-state index contributed by atoms with van der Waals surface area (Å²) < 4.78 is 0. The quantitative estimate of drug-likeness (QED) is 0.826. The lowest BCUT2D eigenvalue weighted by molar-refractivity contribution is -0.123. The van der Waals surface area contributed by atoms with Crippen molar-refractivity contribution in [2.24, 2.45) is 5.92 Å². The number of anilines is 2. The molecule has 27 heavy (non-hydrogen) atoms. The third-order valence-electron chi connectivity index (χ3n) is 4.52. The molecule has 1 atom stereocenters. The number of carbonyl (C=O) groups is 2. The maximum absolute atomic E-state index is 12.5. The van der Waals surface area contributed by atoms with Gasteiger partial charge in [0.25, 0.3) is 0 Å². The number of piperidine rings is 1. The Kier molecular flexibility index (Phi) is 6.42. The molecule has 6 nitrogen and oxygen atoms in total. The first kappa shape index (κ1) is 19.3. The summed E-state index contributed by atoms with van der Waals surface area (Å²) in [5.74, 6) is 0.177. The van der Waals surface area contributed by atoms with E-state index in [0.29, 0.717) is 17.4 Å². The van der Waals surface area contributed by atoms with Crippen LogP contribution in [0.15, 0.2) is 42.6 Å². The molecule has 7 heteroatoms. The van der Waals surface area contributed by atoms with E-state index >= 15 is 0 Å². The second-order valence-electron chi connectivity index (χ2n) is 6.84. The van der Waals surface area contributed by atoms with Crippen molar-refractivity contribution in [2.75, 3.05) is 30.3 Å². The van der Waals surface area contributed by atoms with Gasteiger partial charge in [-0.2, -0.15) is 0 Å². The molecule has 2 heterocycles. The van der Waals surface area contributed by atoms with Crippen LogP contribution in [0.25, 0.3) is 0 Å². The van der Waals surface area contributed by atoms with Crippen LogP contribution in [0.4, 0.5) is 11.5 Å². The van der Waals surface area contributed by atoms with Crippen LogP contribution in [0.2, 0.25) is 5.02 Å². The second-order valence-corrected chi connectivity index (χ2v) is 7.28. The minimum Gasteiger partial charge on any atom is -0.325 e. The number of amides is 2. The largest absolute Gasteiger partial charge is 0.325 e. The number of hydrogen-bond donors (Lipinski definition) is 2. The van der Waals surface area contributed by atoms with Crippen molar-refractivity contribution in [3.8, 4) is 0 Å². The lowest BCUT2D eigenvalue weighted by atomic mass is 9.97. The summed E-state index contributed by atoms with van der Waals surface area (Å²) >= 11 is 5.81. The fourth-order valence-corrected chi connectivity index (χ4v) is 3.33. The van der Waals surface area contributed by atoms with Gasteiger partial charge in [-0.1, -0.05) is 23.7 Å². The standard InChI is InChI=1S/C20H23ClN4O2/c1-14-4-2-6-17(10-14)23-19(26)13-25-9-3-5-15(12-25)20(27)24-18-8-7-16(21)11-22-18/h2,4,6-8,10-11,15H,3,5,9,12-13H2,1H3,(H,23,26)(H,22,24,27). The van der Waals surface area contributed by atoms with Crippen molar-refractivity contribution in [3.63, 3.8) is 0 Å². The Morgan fingerprint density at radius 1 is 1.26 bits per heavy atom. The van der Waals surface area contributed by atoms with Gasteiger partial charge < -0.3 is 10.6 Å². The van der Waals surface area contributed by atoms with Gasteiger partial charge in [-0.25, -0.2) is 4.98 Å². The van der Waals surface area contributed by atoms with Gasteiger partial charge in [0.1, 0.15) is 5.82 Å². The van der Waals surface area contributed by atoms with Gasteiger partial charge in [0, 0.05) is 18.4 Å². The van der Waals surface area contributed by atoms with Crippen LogP contribution < -0.4 is 10.6 Å². The van der Waals surface area contributed by atoms with Crippen LogP contribution >= 0.6 is 11.6 Å². The van der Waals surface area contributed by atoms with E-state index in [1.807, 2.05) is 36.1 Å². The summed E-state index contributed by atoms with van der Waals surface area (Å²) in [4.78, 5) is 30.9. The van der Waals surface area contributed by atoms with Gasteiger partial charge in [-0.05, 0) is 56.1 Å². The van der Waals surface area contributed by atoms with E-state index < -0.39 is 0 Å². The van der Waals surface area contributed by atoms with Crippen molar-refractivity contribution in [1.82, 2.24) is 9.88 Å². The summed E-state index contributed by atoms with van der Waals surface area (Å²) in [7, 11) is 0. The molecule has 2 amide bonds. The molecule has 1 aliphatic heterocycles. The van der Waals surface area contributed by atoms with Gasteiger partial charge in [0.15, 0.2) is 0 Å². The third kappa shape index (κ3) is 5.77. The zero-order valence-corrected chi connectivity index (χ0v) is 16.0. The van der Waals surface area contributed by atoms with Crippen LogP contribution in [0.1, 0.15) is 18.4 Å². The fourth-order valence-electron chi connectivity index (χ4n) is 3.22. The molecule has 1 aromatic carbocycles. The molecular weight excluding hydrogens is 364 g/mol. The van der Waals surface area contributed by atoms with E-state index in [0.717, 1.165) is 30.6 Å². The maximum Gasteiger partial charge on any atom is 0.238 e. The van der Waals surface area contributed by atoms with Crippen LogP contribution in [0, 0.1) is 12.8 Å². The molecule has 3 rings (SSSR count). The zero-order chi connectivity index (χ0) is 19.2. The molecule has 0 radical (unpaired) electrons. The Hall–Kier alpha value is -2.44. The van der Waals surface area contributed by atoms with Gasteiger partial charge in [-0.3, -0.25) is 14.5 Å².